The number of imidazole rings is 2. The zero-order valence-electron chi connectivity index (χ0n) is 20.9. The molecule has 2 aliphatic heterocycles. The van der Waals surface area contributed by atoms with Crippen molar-refractivity contribution < 1.29 is 0 Å². The van der Waals surface area contributed by atoms with Gasteiger partial charge in [0.25, 0.3) is 0 Å². The van der Waals surface area contributed by atoms with Gasteiger partial charge >= 0.3 is 0 Å². The minimum Gasteiger partial charge on any atom is -0.341 e. The Kier molecular flexibility index (Phi) is 5.83. The number of nitrogens with one attached hydrogen (secondary N) is 3. The molecule has 0 spiro atoms. The molecular weight excluding hydrogens is 432 g/mol. The van der Waals surface area contributed by atoms with E-state index in [1.165, 1.54) is 19.3 Å². The molecule has 0 radical (unpaired) electrons. The third-order valence-electron chi connectivity index (χ3n) is 8.01. The van der Waals surface area contributed by atoms with E-state index in [0.29, 0.717) is 12.1 Å². The number of hydrogen-bond acceptors (Lipinski definition) is 4. The lowest BCUT2D eigenvalue weighted by atomic mass is 10.0. The Labute approximate surface area is 206 Å². The third-order valence-corrected chi connectivity index (χ3v) is 8.01. The van der Waals surface area contributed by atoms with E-state index in [2.05, 4.69) is 89.3 Å². The van der Waals surface area contributed by atoms with Crippen LogP contribution in [0.5, 0.6) is 0 Å². The Hall–Kier alpha value is -3.14. The first-order valence-electron chi connectivity index (χ1n) is 13.0. The second-order valence-corrected chi connectivity index (χ2v) is 10.4. The van der Waals surface area contributed by atoms with Crippen molar-refractivity contribution in [3.05, 3.63) is 59.2 Å². The molecule has 2 fully saturated rings. The van der Waals surface area contributed by atoms with Crippen LogP contribution in [0.25, 0.3) is 22.1 Å². The Morgan fingerprint density at radius 3 is 2.09 bits per heavy atom. The van der Waals surface area contributed by atoms with Gasteiger partial charge in [-0.1, -0.05) is 38.5 Å². The number of hydrogen-bond donors (Lipinski definition) is 3. The molecule has 4 heterocycles. The van der Waals surface area contributed by atoms with Crippen LogP contribution in [0.1, 0.15) is 74.4 Å². The van der Waals surface area contributed by atoms with Gasteiger partial charge in [0.1, 0.15) is 11.6 Å². The first-order valence-corrected chi connectivity index (χ1v) is 13.0. The fraction of sp³-hybridized carbons (Fsp3) is 0.448. The van der Waals surface area contributed by atoms with Gasteiger partial charge in [0.05, 0.1) is 34.2 Å². The molecule has 1 unspecified atom stereocenters. The summed E-state index contributed by atoms with van der Waals surface area (Å²) in [5, 5.41) is 3.61. The summed E-state index contributed by atoms with van der Waals surface area (Å²) in [5.41, 5.74) is 6.10. The van der Waals surface area contributed by atoms with Crippen molar-refractivity contribution in [2.75, 3.05) is 20.1 Å². The molecule has 0 aliphatic carbocycles. The number of fused-ring (bicyclic) bond motifs is 2. The molecule has 0 bridgehead atoms. The van der Waals surface area contributed by atoms with Gasteiger partial charge in [0.2, 0.25) is 0 Å². The summed E-state index contributed by atoms with van der Waals surface area (Å²) in [6.45, 7) is 6.76. The predicted octanol–water partition coefficient (Wildman–Crippen LogP) is 5.30. The quantitative estimate of drug-likeness (QED) is 0.357. The number of rotatable bonds is 4. The highest BCUT2D eigenvalue weighted by molar-refractivity contribution is 5.78. The summed E-state index contributed by atoms with van der Waals surface area (Å²) in [6, 6.07) is 13.2. The number of aromatic amines is 2. The molecule has 2 saturated heterocycles. The summed E-state index contributed by atoms with van der Waals surface area (Å²) in [5.74, 6) is 10.3. The van der Waals surface area contributed by atoms with Gasteiger partial charge in [0, 0.05) is 17.7 Å². The van der Waals surface area contributed by atoms with Crippen molar-refractivity contribution in [2.45, 2.75) is 51.6 Å². The Balaban J connectivity index is 1.21. The molecule has 35 heavy (non-hydrogen) atoms. The standard InChI is InChI=1S/C29H34N6/c1-4-18-12-26(30-16-18)28-31-22-10-8-20(13-24(22)33-28)6-7-21-9-11-23-25(14-21)34-29(32-23)27-15-19(5-2)17-35(27)3/h8-11,13-14,18-19,26-27,30H,4-5,12,15-17H2,1-3H3,(H,31,33)(H,32,34)/t18?,19-,26+,27+/m1/s1. The number of nitrogens with zero attached hydrogens (tertiary/aromatic N) is 3. The normalized spacial score (nSPS) is 24.9. The summed E-state index contributed by atoms with van der Waals surface area (Å²) in [7, 11) is 2.20. The predicted molar refractivity (Wildman–Crippen MR) is 141 cm³/mol. The molecule has 2 aliphatic rings. The zero-order chi connectivity index (χ0) is 23.9. The summed E-state index contributed by atoms with van der Waals surface area (Å²) < 4.78 is 0. The van der Waals surface area contributed by atoms with Crippen LogP contribution in [0, 0.1) is 23.7 Å². The molecule has 4 atom stereocenters. The maximum Gasteiger partial charge on any atom is 0.124 e. The molecule has 2 aromatic heterocycles. The zero-order valence-corrected chi connectivity index (χ0v) is 20.9. The van der Waals surface area contributed by atoms with Crippen molar-refractivity contribution in [1.82, 2.24) is 30.2 Å². The van der Waals surface area contributed by atoms with Gasteiger partial charge in [-0.05, 0) is 74.7 Å². The Bertz CT molecular complexity index is 1420. The monoisotopic (exact) mass is 466 g/mol. The minimum absolute atomic E-state index is 0.324. The van der Waals surface area contributed by atoms with E-state index < -0.39 is 0 Å². The van der Waals surface area contributed by atoms with E-state index in [1.807, 2.05) is 0 Å². The van der Waals surface area contributed by atoms with Crippen molar-refractivity contribution in [3.63, 3.8) is 0 Å². The summed E-state index contributed by atoms with van der Waals surface area (Å²) >= 11 is 0. The molecule has 6 rings (SSSR count). The van der Waals surface area contributed by atoms with Crippen molar-refractivity contribution in [3.8, 4) is 11.8 Å². The molecule has 4 aromatic rings. The van der Waals surface area contributed by atoms with Crippen LogP contribution in [0.4, 0.5) is 0 Å². The van der Waals surface area contributed by atoms with E-state index in [-0.39, 0.29) is 0 Å². The van der Waals surface area contributed by atoms with Crippen LogP contribution in [0.2, 0.25) is 0 Å². The molecule has 6 nitrogen and oxygen atoms in total. The molecule has 180 valence electrons. The lowest BCUT2D eigenvalue weighted by Crippen LogP contribution is -2.19. The van der Waals surface area contributed by atoms with Gasteiger partial charge < -0.3 is 15.3 Å². The van der Waals surface area contributed by atoms with E-state index in [9.17, 15) is 0 Å². The lowest BCUT2D eigenvalue weighted by Gasteiger charge is -2.16. The topological polar surface area (TPSA) is 72.6 Å². The molecule has 0 saturated carbocycles. The van der Waals surface area contributed by atoms with E-state index >= 15 is 0 Å². The highest BCUT2D eigenvalue weighted by Gasteiger charge is 2.31. The van der Waals surface area contributed by atoms with Crippen LogP contribution >= 0.6 is 0 Å². The second-order valence-electron chi connectivity index (χ2n) is 10.4. The highest BCUT2D eigenvalue weighted by atomic mass is 15.2. The van der Waals surface area contributed by atoms with Crippen molar-refractivity contribution >= 4 is 22.1 Å². The van der Waals surface area contributed by atoms with Crippen molar-refractivity contribution in [2.24, 2.45) is 11.8 Å². The van der Waals surface area contributed by atoms with Crippen LogP contribution < -0.4 is 5.32 Å². The van der Waals surface area contributed by atoms with Gasteiger partial charge in [-0.3, -0.25) is 4.90 Å². The largest absolute Gasteiger partial charge is 0.341 e. The average Bonchev–Trinajstić information content (AvgIpc) is 3.66. The highest BCUT2D eigenvalue weighted by Crippen LogP contribution is 2.35. The lowest BCUT2D eigenvalue weighted by molar-refractivity contribution is 0.304. The number of H-pyrrole nitrogens is 2. The Morgan fingerprint density at radius 1 is 0.857 bits per heavy atom. The fourth-order valence-corrected chi connectivity index (χ4v) is 5.73. The first kappa shape index (κ1) is 22.3. The van der Waals surface area contributed by atoms with Gasteiger partial charge in [-0.25, -0.2) is 9.97 Å². The number of likely N-dealkylation sites (tertiary alicyclic amines) is 1. The van der Waals surface area contributed by atoms with Crippen LogP contribution in [0.15, 0.2) is 36.4 Å². The summed E-state index contributed by atoms with van der Waals surface area (Å²) in [6.07, 6.45) is 4.76. The van der Waals surface area contributed by atoms with Gasteiger partial charge in [0.15, 0.2) is 0 Å². The van der Waals surface area contributed by atoms with E-state index in [1.54, 1.807) is 0 Å². The molecule has 2 aromatic carbocycles. The SMILES string of the molecule is CCC1CN[C@H](c2nc3ccc(C#Cc4ccc5nc([C@@H]6C[C@@H](CC)CN6C)[nH]c5c4)cc3[nH]2)C1. The van der Waals surface area contributed by atoms with Gasteiger partial charge in [-0.15, -0.1) is 0 Å². The van der Waals surface area contributed by atoms with E-state index in [4.69, 9.17) is 9.97 Å². The second kappa shape index (κ2) is 9.14. The van der Waals surface area contributed by atoms with E-state index in [0.717, 1.165) is 76.2 Å². The first-order chi connectivity index (χ1) is 17.1. The van der Waals surface area contributed by atoms with Gasteiger partial charge in [-0.2, -0.15) is 0 Å². The minimum atomic E-state index is 0.324. The van der Waals surface area contributed by atoms with Crippen LogP contribution in [-0.4, -0.2) is 45.0 Å². The summed E-state index contributed by atoms with van der Waals surface area (Å²) in [4.78, 5) is 19.2. The molecular formula is C29H34N6. The smallest absolute Gasteiger partial charge is 0.124 e. The number of benzene rings is 2. The Morgan fingerprint density at radius 2 is 1.49 bits per heavy atom. The van der Waals surface area contributed by atoms with Crippen LogP contribution in [-0.2, 0) is 0 Å². The fourth-order valence-electron chi connectivity index (χ4n) is 5.73. The number of aromatic nitrogens is 4. The maximum absolute atomic E-state index is 4.89. The van der Waals surface area contributed by atoms with Crippen molar-refractivity contribution in [1.29, 1.82) is 0 Å². The molecule has 3 N–H and O–H groups in total. The average molecular weight is 467 g/mol. The molecule has 6 heteroatoms. The molecule has 0 amide bonds. The third kappa shape index (κ3) is 4.35. The van der Waals surface area contributed by atoms with Crippen LogP contribution in [0.3, 0.4) is 0 Å². The maximum atomic E-state index is 4.89.